The first kappa shape index (κ1) is 18.4. The van der Waals surface area contributed by atoms with Gasteiger partial charge >= 0.3 is 0 Å². The third kappa shape index (κ3) is 3.03. The molecule has 0 amide bonds. The van der Waals surface area contributed by atoms with Gasteiger partial charge < -0.3 is 19.3 Å². The number of rotatable bonds is 7. The summed E-state index contributed by atoms with van der Waals surface area (Å²) < 4.78 is 18.2. The second-order valence-electron chi connectivity index (χ2n) is 7.07. The average Bonchev–Trinajstić information content (AvgIpc) is 2.87. The lowest BCUT2D eigenvalue weighted by Gasteiger charge is -2.55. The fourth-order valence-electron chi connectivity index (χ4n) is 4.67. The van der Waals surface area contributed by atoms with Crippen LogP contribution < -0.4 is 0 Å². The molecule has 1 N–H and O–H groups in total. The predicted octanol–water partition coefficient (Wildman–Crippen LogP) is 3.27. The molecule has 1 heterocycles. The summed E-state index contributed by atoms with van der Waals surface area (Å²) in [5.74, 6) is -0.656. The van der Waals surface area contributed by atoms with Crippen LogP contribution in [0.2, 0.25) is 0 Å². The largest absolute Gasteiger partial charge is 0.396 e. The highest BCUT2D eigenvalue weighted by Gasteiger charge is 2.63. The molecule has 2 fully saturated rings. The number of aliphatic hydroxyl groups excluding tert-OH is 1. The van der Waals surface area contributed by atoms with Gasteiger partial charge in [-0.15, -0.1) is 6.58 Å². The average molecular weight is 377 g/mol. The highest BCUT2D eigenvalue weighted by atomic mass is 79.9. The van der Waals surface area contributed by atoms with Crippen molar-refractivity contribution in [2.45, 2.75) is 57.5 Å². The molecule has 0 radical (unpaired) electrons. The highest BCUT2D eigenvalue weighted by Crippen LogP contribution is 2.60. The van der Waals surface area contributed by atoms with Gasteiger partial charge in [0.25, 0.3) is 0 Å². The summed E-state index contributed by atoms with van der Waals surface area (Å²) in [6.45, 7) is 8.66. The minimum atomic E-state index is -0.656. The van der Waals surface area contributed by atoms with E-state index in [2.05, 4.69) is 29.4 Å². The van der Waals surface area contributed by atoms with Crippen molar-refractivity contribution < 1.29 is 19.3 Å². The van der Waals surface area contributed by atoms with Gasteiger partial charge in [0.05, 0.1) is 18.8 Å². The summed E-state index contributed by atoms with van der Waals surface area (Å²) in [7, 11) is 1.70. The molecule has 1 saturated heterocycles. The molecule has 0 aromatic rings. The molecule has 22 heavy (non-hydrogen) atoms. The number of hydrogen-bond acceptors (Lipinski definition) is 4. The van der Waals surface area contributed by atoms with E-state index in [0.29, 0.717) is 13.0 Å². The molecule has 0 spiro atoms. The maximum absolute atomic E-state index is 10.1. The van der Waals surface area contributed by atoms with Crippen molar-refractivity contribution in [3.05, 3.63) is 12.7 Å². The molecule has 0 aromatic carbocycles. The van der Waals surface area contributed by atoms with Crippen LogP contribution in [0.4, 0.5) is 0 Å². The number of halogens is 1. The number of hydrogen-bond donors (Lipinski definition) is 1. The fraction of sp³-hybridized carbons (Fsp3) is 0.882. The summed E-state index contributed by atoms with van der Waals surface area (Å²) in [4.78, 5) is 0. The van der Waals surface area contributed by atoms with E-state index >= 15 is 0 Å². The topological polar surface area (TPSA) is 47.9 Å². The molecule has 5 atom stereocenters. The number of aliphatic hydroxyl groups is 1. The molecule has 2 aliphatic rings. The minimum Gasteiger partial charge on any atom is -0.396 e. The van der Waals surface area contributed by atoms with Crippen LogP contribution in [-0.4, -0.2) is 48.8 Å². The van der Waals surface area contributed by atoms with E-state index in [1.54, 1.807) is 7.11 Å². The Morgan fingerprint density at radius 3 is 2.68 bits per heavy atom. The minimum absolute atomic E-state index is 0.00530. The molecule has 1 aliphatic carbocycles. The lowest BCUT2D eigenvalue weighted by atomic mass is 9.57. The summed E-state index contributed by atoms with van der Waals surface area (Å²) in [5, 5.41) is 10.9. The van der Waals surface area contributed by atoms with Gasteiger partial charge in [0.2, 0.25) is 0 Å². The Kier molecular flexibility index (Phi) is 5.77. The smallest absolute Gasteiger partial charge is 0.169 e. The van der Waals surface area contributed by atoms with E-state index in [9.17, 15) is 5.11 Å². The van der Waals surface area contributed by atoms with Crippen molar-refractivity contribution in [3.63, 3.8) is 0 Å². The molecule has 4 nitrogen and oxygen atoms in total. The lowest BCUT2D eigenvalue weighted by Crippen LogP contribution is -2.59. The number of methoxy groups -OCH3 is 1. The van der Waals surface area contributed by atoms with Gasteiger partial charge in [-0.05, 0) is 19.8 Å². The second-order valence-corrected chi connectivity index (χ2v) is 7.71. The third-order valence-corrected chi connectivity index (χ3v) is 6.03. The van der Waals surface area contributed by atoms with Crippen LogP contribution in [0.1, 0.15) is 39.5 Å². The van der Waals surface area contributed by atoms with Crippen LogP contribution in [0.5, 0.6) is 0 Å². The zero-order chi connectivity index (χ0) is 16.4. The number of allylic oxidation sites excluding steroid dienone is 1. The first-order valence-corrected chi connectivity index (χ1v) is 9.17. The van der Waals surface area contributed by atoms with E-state index in [1.165, 1.54) is 0 Å². The molecule has 2 rings (SSSR count). The van der Waals surface area contributed by atoms with E-state index in [4.69, 9.17) is 14.2 Å². The van der Waals surface area contributed by atoms with Crippen LogP contribution in [0.3, 0.4) is 0 Å². The monoisotopic (exact) mass is 376 g/mol. The van der Waals surface area contributed by atoms with E-state index < -0.39 is 5.79 Å². The zero-order valence-electron chi connectivity index (χ0n) is 13.9. The first-order valence-electron chi connectivity index (χ1n) is 8.05. The summed E-state index contributed by atoms with van der Waals surface area (Å²) in [6, 6.07) is 0. The molecule has 1 saturated carbocycles. The molecule has 0 aromatic heterocycles. The zero-order valence-corrected chi connectivity index (χ0v) is 15.5. The Morgan fingerprint density at radius 1 is 1.45 bits per heavy atom. The quantitative estimate of drug-likeness (QED) is 0.420. The molecule has 5 heteroatoms. The Morgan fingerprint density at radius 2 is 2.18 bits per heavy atom. The van der Waals surface area contributed by atoms with Crippen molar-refractivity contribution >= 4 is 15.9 Å². The van der Waals surface area contributed by atoms with Gasteiger partial charge in [-0.25, -0.2) is 0 Å². The van der Waals surface area contributed by atoms with E-state index in [0.717, 1.165) is 24.6 Å². The maximum Gasteiger partial charge on any atom is 0.169 e. The van der Waals surface area contributed by atoms with Crippen LogP contribution in [0.25, 0.3) is 0 Å². The molecule has 1 aliphatic heterocycles. The normalized spacial score (nSPS) is 44.8. The number of ether oxygens (including phenoxy) is 3. The van der Waals surface area contributed by atoms with Crippen LogP contribution in [-0.2, 0) is 14.2 Å². The summed E-state index contributed by atoms with van der Waals surface area (Å²) >= 11 is 3.55. The number of fused-ring (bicyclic) bond motifs is 1. The van der Waals surface area contributed by atoms with Gasteiger partial charge in [0.15, 0.2) is 5.79 Å². The van der Waals surface area contributed by atoms with Crippen LogP contribution in [0, 0.1) is 10.8 Å². The summed E-state index contributed by atoms with van der Waals surface area (Å²) in [6.07, 6.45) is 5.30. The molecule has 128 valence electrons. The third-order valence-electron chi connectivity index (χ3n) is 5.31. The SMILES string of the molecule is C=CC[C@@]12CC(CBr)OC1[C@](C)(CO)CC(OC)(OCC)C2. The molecular formula is C17H29BrO4. The van der Waals surface area contributed by atoms with Crippen LogP contribution in [0.15, 0.2) is 12.7 Å². The Bertz CT molecular complexity index is 404. The van der Waals surface area contributed by atoms with E-state index in [-0.39, 0.29) is 29.6 Å². The predicted molar refractivity (Wildman–Crippen MR) is 90.1 cm³/mol. The molecular weight excluding hydrogens is 348 g/mol. The van der Waals surface area contributed by atoms with Crippen molar-refractivity contribution in [2.75, 3.05) is 25.7 Å². The Labute approximate surface area is 142 Å². The van der Waals surface area contributed by atoms with Gasteiger partial charge in [-0.2, -0.15) is 0 Å². The number of alkyl halides is 1. The van der Waals surface area contributed by atoms with E-state index in [1.807, 2.05) is 13.0 Å². The standard InChI is InChI=1S/C17H29BrO4/c1-5-7-16-8-13(9-18)22-14(16)15(3,12-19)10-17(11-16,20-4)21-6-2/h5,13-14,19H,1,6-12H2,2-4H3/t13?,14?,15-,16-,17?/m0/s1. The van der Waals surface area contributed by atoms with Crippen molar-refractivity contribution in [2.24, 2.45) is 10.8 Å². The van der Waals surface area contributed by atoms with Gasteiger partial charge in [0, 0.05) is 42.7 Å². The van der Waals surface area contributed by atoms with Gasteiger partial charge in [-0.3, -0.25) is 0 Å². The molecule has 3 unspecified atom stereocenters. The van der Waals surface area contributed by atoms with Gasteiger partial charge in [0.1, 0.15) is 0 Å². The molecule has 0 bridgehead atoms. The fourth-order valence-corrected chi connectivity index (χ4v) is 5.05. The first-order chi connectivity index (χ1) is 10.4. The Hall–Kier alpha value is 0.0600. The Balaban J connectivity index is 2.44. The van der Waals surface area contributed by atoms with Gasteiger partial charge in [-0.1, -0.05) is 28.9 Å². The van der Waals surface area contributed by atoms with Crippen molar-refractivity contribution in [1.29, 1.82) is 0 Å². The van der Waals surface area contributed by atoms with Crippen molar-refractivity contribution in [1.82, 2.24) is 0 Å². The van der Waals surface area contributed by atoms with Crippen molar-refractivity contribution in [3.8, 4) is 0 Å². The summed E-state index contributed by atoms with van der Waals surface area (Å²) in [5.41, 5.74) is -0.482. The second kappa shape index (κ2) is 6.89. The van der Waals surface area contributed by atoms with Crippen LogP contribution >= 0.6 is 15.9 Å². The highest BCUT2D eigenvalue weighted by molar-refractivity contribution is 9.09. The lowest BCUT2D eigenvalue weighted by molar-refractivity contribution is -0.294. The maximum atomic E-state index is 10.1.